The van der Waals surface area contributed by atoms with Crippen LogP contribution in [-0.2, 0) is 4.79 Å². The number of carbonyl (C=O) groups excluding carboxylic acids is 1. The van der Waals surface area contributed by atoms with E-state index in [1.807, 2.05) is 36.1 Å². The Labute approximate surface area is 163 Å². The highest BCUT2D eigenvalue weighted by Crippen LogP contribution is 2.38. The molecule has 7 heteroatoms. The number of nitrogens with one attached hydrogen (secondary N) is 1. The fourth-order valence-electron chi connectivity index (χ4n) is 3.42. The predicted molar refractivity (Wildman–Crippen MR) is 103 cm³/mol. The Hall–Kier alpha value is -2.96. The summed E-state index contributed by atoms with van der Waals surface area (Å²) in [5, 5.41) is 2.85. The number of nitrogens with zero attached hydrogens (tertiary/aromatic N) is 1. The molecule has 0 radical (unpaired) electrons. The van der Waals surface area contributed by atoms with Crippen LogP contribution in [0.5, 0.6) is 17.2 Å². The van der Waals surface area contributed by atoms with Gasteiger partial charge in [0.25, 0.3) is 0 Å². The monoisotopic (exact) mass is 386 g/mol. The first-order valence-electron chi connectivity index (χ1n) is 9.37. The lowest BCUT2D eigenvalue weighted by Crippen LogP contribution is -2.54. The summed E-state index contributed by atoms with van der Waals surface area (Å²) in [7, 11) is 0. The van der Waals surface area contributed by atoms with Crippen LogP contribution in [0.15, 0.2) is 36.4 Å². The second-order valence-corrected chi connectivity index (χ2v) is 7.08. The van der Waals surface area contributed by atoms with Crippen LogP contribution in [-0.4, -0.2) is 38.3 Å². The van der Waals surface area contributed by atoms with E-state index in [4.69, 9.17) is 14.2 Å². The van der Waals surface area contributed by atoms with Crippen LogP contribution in [0.1, 0.15) is 25.5 Å². The Kier molecular flexibility index (Phi) is 4.98. The van der Waals surface area contributed by atoms with Crippen LogP contribution in [0.3, 0.4) is 0 Å². The first kappa shape index (κ1) is 18.4. The van der Waals surface area contributed by atoms with Crippen molar-refractivity contribution < 1.29 is 23.4 Å². The molecule has 1 N–H and O–H groups in total. The molecule has 1 saturated heterocycles. The topological polar surface area (TPSA) is 60.0 Å². The number of fused-ring (bicyclic) bond motifs is 1. The molecule has 148 valence electrons. The molecule has 0 aliphatic carbocycles. The van der Waals surface area contributed by atoms with Gasteiger partial charge >= 0.3 is 0 Å². The van der Waals surface area contributed by atoms with Crippen LogP contribution in [0.4, 0.5) is 10.1 Å². The van der Waals surface area contributed by atoms with Gasteiger partial charge in [0.1, 0.15) is 30.9 Å². The highest BCUT2D eigenvalue weighted by atomic mass is 19.1. The van der Waals surface area contributed by atoms with Crippen molar-refractivity contribution in [1.82, 2.24) is 5.32 Å². The van der Waals surface area contributed by atoms with Gasteiger partial charge in [-0.1, -0.05) is 12.1 Å². The second kappa shape index (κ2) is 7.58. The third kappa shape index (κ3) is 3.83. The molecule has 0 unspecified atom stereocenters. The minimum Gasteiger partial charge on any atom is -0.487 e. The van der Waals surface area contributed by atoms with Gasteiger partial charge in [0.15, 0.2) is 11.5 Å². The molecule has 2 aliphatic heterocycles. The maximum Gasteiger partial charge on any atom is 0.217 e. The van der Waals surface area contributed by atoms with Crippen LogP contribution < -0.4 is 24.4 Å². The highest BCUT2D eigenvalue weighted by Gasteiger charge is 2.31. The van der Waals surface area contributed by atoms with E-state index in [1.165, 1.54) is 13.0 Å². The van der Waals surface area contributed by atoms with Crippen molar-refractivity contribution in [1.29, 1.82) is 0 Å². The van der Waals surface area contributed by atoms with Crippen LogP contribution in [0.25, 0.3) is 0 Å². The van der Waals surface area contributed by atoms with Gasteiger partial charge in [0.05, 0.1) is 24.8 Å². The molecule has 2 heterocycles. The number of rotatable bonds is 5. The summed E-state index contributed by atoms with van der Waals surface area (Å²) >= 11 is 0. The van der Waals surface area contributed by atoms with Crippen molar-refractivity contribution in [3.05, 3.63) is 47.8 Å². The standard InChI is InChI=1S/C21H23FN2O4/c1-13(23-14(2)25)15-3-5-16(6-4-15)28-17-11-24(12-17)19-10-21-20(9-18(19)22)26-7-8-27-21/h3-6,9-10,13,17H,7-8,11-12H2,1-2H3,(H,23,25)/t13-/m0/s1. The number of hydrogen-bond donors (Lipinski definition) is 1. The van der Waals surface area contributed by atoms with Crippen LogP contribution in [0.2, 0.25) is 0 Å². The van der Waals surface area contributed by atoms with E-state index < -0.39 is 0 Å². The van der Waals surface area contributed by atoms with Crippen molar-refractivity contribution in [3.63, 3.8) is 0 Å². The zero-order valence-corrected chi connectivity index (χ0v) is 15.9. The Bertz CT molecular complexity index is 865. The fourth-order valence-corrected chi connectivity index (χ4v) is 3.42. The summed E-state index contributed by atoms with van der Waals surface area (Å²) in [5.74, 6) is 1.41. The molecular formula is C21H23FN2O4. The van der Waals surface area contributed by atoms with E-state index in [1.54, 1.807) is 6.07 Å². The van der Waals surface area contributed by atoms with Crippen molar-refractivity contribution in [2.24, 2.45) is 0 Å². The number of anilines is 1. The number of halogens is 1. The van der Waals surface area contributed by atoms with Crippen molar-refractivity contribution in [3.8, 4) is 17.2 Å². The molecule has 0 saturated carbocycles. The van der Waals surface area contributed by atoms with E-state index in [-0.39, 0.29) is 23.9 Å². The minimum atomic E-state index is -0.320. The maximum atomic E-state index is 14.4. The van der Waals surface area contributed by atoms with E-state index in [9.17, 15) is 9.18 Å². The summed E-state index contributed by atoms with van der Waals surface area (Å²) in [5.41, 5.74) is 1.51. The van der Waals surface area contributed by atoms with Gasteiger partial charge in [-0.25, -0.2) is 4.39 Å². The average molecular weight is 386 g/mol. The lowest BCUT2D eigenvalue weighted by atomic mass is 10.1. The smallest absolute Gasteiger partial charge is 0.217 e. The first-order valence-corrected chi connectivity index (χ1v) is 9.37. The normalized spacial score (nSPS) is 16.9. The maximum absolute atomic E-state index is 14.4. The predicted octanol–water partition coefficient (Wildman–Crippen LogP) is 3.06. The number of amides is 1. The second-order valence-electron chi connectivity index (χ2n) is 7.08. The Morgan fingerprint density at radius 1 is 1.18 bits per heavy atom. The Morgan fingerprint density at radius 2 is 1.82 bits per heavy atom. The first-order chi connectivity index (χ1) is 13.5. The molecule has 0 bridgehead atoms. The van der Waals surface area contributed by atoms with Crippen LogP contribution >= 0.6 is 0 Å². The quantitative estimate of drug-likeness (QED) is 0.856. The molecule has 2 aromatic carbocycles. The van der Waals surface area contributed by atoms with Gasteiger partial charge < -0.3 is 24.4 Å². The third-order valence-corrected chi connectivity index (χ3v) is 4.90. The zero-order chi connectivity index (χ0) is 19.7. The Morgan fingerprint density at radius 3 is 2.46 bits per heavy atom. The molecule has 2 aliphatic rings. The lowest BCUT2D eigenvalue weighted by molar-refractivity contribution is -0.119. The summed E-state index contributed by atoms with van der Waals surface area (Å²) < 4.78 is 31.3. The van der Waals surface area contributed by atoms with E-state index >= 15 is 0 Å². The van der Waals surface area contributed by atoms with Gasteiger partial charge in [0.2, 0.25) is 5.91 Å². The van der Waals surface area contributed by atoms with Crippen LogP contribution in [0, 0.1) is 5.82 Å². The molecular weight excluding hydrogens is 363 g/mol. The number of ether oxygens (including phenoxy) is 3. The van der Waals surface area contributed by atoms with E-state index in [2.05, 4.69) is 5.32 Å². The van der Waals surface area contributed by atoms with E-state index in [0.29, 0.717) is 43.5 Å². The molecule has 0 spiro atoms. The summed E-state index contributed by atoms with van der Waals surface area (Å²) in [6.07, 6.45) is -0.00813. The average Bonchev–Trinajstić information content (AvgIpc) is 2.64. The zero-order valence-electron chi connectivity index (χ0n) is 15.9. The van der Waals surface area contributed by atoms with Gasteiger partial charge in [-0.05, 0) is 24.6 Å². The van der Waals surface area contributed by atoms with Crippen molar-refractivity contribution in [2.45, 2.75) is 26.0 Å². The summed E-state index contributed by atoms with van der Waals surface area (Å²) in [6.45, 7) is 5.54. The number of hydrogen-bond acceptors (Lipinski definition) is 5. The van der Waals surface area contributed by atoms with Gasteiger partial charge in [-0.3, -0.25) is 4.79 Å². The fraction of sp³-hybridized carbons (Fsp3) is 0.381. The molecule has 1 fully saturated rings. The largest absolute Gasteiger partial charge is 0.487 e. The summed E-state index contributed by atoms with van der Waals surface area (Å²) in [4.78, 5) is 13.1. The van der Waals surface area contributed by atoms with Gasteiger partial charge in [0, 0.05) is 19.1 Å². The molecule has 2 aromatic rings. The van der Waals surface area contributed by atoms with Gasteiger partial charge in [-0.2, -0.15) is 0 Å². The molecule has 4 rings (SSSR count). The molecule has 0 aromatic heterocycles. The van der Waals surface area contributed by atoms with Crippen molar-refractivity contribution >= 4 is 11.6 Å². The van der Waals surface area contributed by atoms with Crippen molar-refractivity contribution in [2.75, 3.05) is 31.2 Å². The molecule has 28 heavy (non-hydrogen) atoms. The SMILES string of the molecule is CC(=O)N[C@@H](C)c1ccc(OC2CN(c3cc4c(cc3F)OCCO4)C2)cc1. The number of benzene rings is 2. The Balaban J connectivity index is 1.34. The minimum absolute atomic E-state index is 0.00813. The summed E-state index contributed by atoms with van der Waals surface area (Å²) in [6, 6.07) is 10.7. The number of carbonyl (C=O) groups is 1. The molecule has 6 nitrogen and oxygen atoms in total. The van der Waals surface area contributed by atoms with Gasteiger partial charge in [-0.15, -0.1) is 0 Å². The molecule has 1 amide bonds. The highest BCUT2D eigenvalue weighted by molar-refractivity contribution is 5.73. The third-order valence-electron chi connectivity index (χ3n) is 4.90. The lowest BCUT2D eigenvalue weighted by Gasteiger charge is -2.41. The molecule has 1 atom stereocenters. The van der Waals surface area contributed by atoms with E-state index in [0.717, 1.165) is 11.3 Å².